The molecule has 0 saturated carbocycles. The molecule has 0 unspecified atom stereocenters. The van der Waals surface area contributed by atoms with Crippen LogP contribution < -0.4 is 10.2 Å². The van der Waals surface area contributed by atoms with E-state index in [1.54, 1.807) is 35.9 Å². The van der Waals surface area contributed by atoms with E-state index in [9.17, 15) is 4.79 Å². The predicted molar refractivity (Wildman–Crippen MR) is 101 cm³/mol. The standard InChI is InChI=1S/C19H20N4OS/c1-13-4-5-16-17(11-13)25-19(22-16)23-9-6-15(7-10-23)21-18(24)14-3-2-8-20-12-14/h2-5,8,11-12,15H,6-7,9-10H2,1H3,(H,21,24). The summed E-state index contributed by atoms with van der Waals surface area (Å²) >= 11 is 1.75. The number of carbonyl (C=O) groups excluding carboxylic acids is 1. The van der Waals surface area contributed by atoms with Gasteiger partial charge in [-0.25, -0.2) is 4.98 Å². The first-order valence-corrected chi connectivity index (χ1v) is 9.34. The molecule has 5 nitrogen and oxygen atoms in total. The van der Waals surface area contributed by atoms with Gasteiger partial charge in [-0.05, 0) is 49.6 Å². The van der Waals surface area contributed by atoms with Crippen molar-refractivity contribution in [3.63, 3.8) is 0 Å². The lowest BCUT2D eigenvalue weighted by molar-refractivity contribution is 0.0930. The lowest BCUT2D eigenvalue weighted by Gasteiger charge is -2.32. The van der Waals surface area contributed by atoms with E-state index in [1.807, 2.05) is 0 Å². The van der Waals surface area contributed by atoms with Gasteiger partial charge in [0.2, 0.25) is 0 Å². The van der Waals surface area contributed by atoms with Gasteiger partial charge in [0.1, 0.15) is 0 Å². The first kappa shape index (κ1) is 16.0. The Morgan fingerprint density at radius 3 is 2.88 bits per heavy atom. The van der Waals surface area contributed by atoms with E-state index in [0.29, 0.717) is 5.56 Å². The van der Waals surface area contributed by atoms with Crippen LogP contribution in [0.1, 0.15) is 28.8 Å². The van der Waals surface area contributed by atoms with Crippen LogP contribution >= 0.6 is 11.3 Å². The highest BCUT2D eigenvalue weighted by Crippen LogP contribution is 2.31. The highest BCUT2D eigenvalue weighted by molar-refractivity contribution is 7.22. The molecule has 0 aliphatic carbocycles. The van der Waals surface area contributed by atoms with Crippen molar-refractivity contribution in [1.82, 2.24) is 15.3 Å². The van der Waals surface area contributed by atoms with Crippen LogP contribution in [0.25, 0.3) is 10.2 Å². The number of nitrogens with zero attached hydrogens (tertiary/aromatic N) is 3. The predicted octanol–water partition coefficient (Wildman–Crippen LogP) is 3.40. The maximum absolute atomic E-state index is 12.2. The highest BCUT2D eigenvalue weighted by Gasteiger charge is 2.23. The first-order valence-electron chi connectivity index (χ1n) is 8.52. The third kappa shape index (κ3) is 3.49. The smallest absolute Gasteiger partial charge is 0.253 e. The number of thiazole rings is 1. The van der Waals surface area contributed by atoms with Crippen molar-refractivity contribution >= 4 is 32.6 Å². The lowest BCUT2D eigenvalue weighted by Crippen LogP contribution is -2.44. The van der Waals surface area contributed by atoms with Crippen LogP contribution in [0.15, 0.2) is 42.7 Å². The van der Waals surface area contributed by atoms with Gasteiger partial charge in [-0.3, -0.25) is 9.78 Å². The van der Waals surface area contributed by atoms with Crippen LogP contribution in [-0.4, -0.2) is 35.0 Å². The maximum atomic E-state index is 12.2. The number of amides is 1. The van der Waals surface area contributed by atoms with Gasteiger partial charge in [-0.2, -0.15) is 0 Å². The third-order valence-corrected chi connectivity index (χ3v) is 5.64. The Morgan fingerprint density at radius 1 is 1.28 bits per heavy atom. The van der Waals surface area contributed by atoms with Crippen molar-refractivity contribution in [2.75, 3.05) is 18.0 Å². The number of fused-ring (bicyclic) bond motifs is 1. The molecule has 6 heteroatoms. The highest BCUT2D eigenvalue weighted by atomic mass is 32.1. The SMILES string of the molecule is Cc1ccc2nc(N3CCC(NC(=O)c4cccnc4)CC3)sc2c1. The number of nitrogens with one attached hydrogen (secondary N) is 1. The molecule has 1 amide bonds. The normalized spacial score (nSPS) is 15.5. The summed E-state index contributed by atoms with van der Waals surface area (Å²) < 4.78 is 1.24. The van der Waals surface area contributed by atoms with Crippen molar-refractivity contribution in [3.05, 3.63) is 53.9 Å². The van der Waals surface area contributed by atoms with E-state index < -0.39 is 0 Å². The molecule has 1 aliphatic rings. The molecule has 1 aromatic carbocycles. The van der Waals surface area contributed by atoms with Crippen LogP contribution in [-0.2, 0) is 0 Å². The van der Waals surface area contributed by atoms with Gasteiger partial charge in [0, 0.05) is 31.5 Å². The van der Waals surface area contributed by atoms with Crippen molar-refractivity contribution < 1.29 is 4.79 Å². The summed E-state index contributed by atoms with van der Waals surface area (Å²) in [6, 6.07) is 10.2. The summed E-state index contributed by atoms with van der Waals surface area (Å²) in [6.45, 7) is 3.93. The molecule has 25 heavy (non-hydrogen) atoms. The summed E-state index contributed by atoms with van der Waals surface area (Å²) in [4.78, 5) is 23.3. The minimum Gasteiger partial charge on any atom is -0.349 e. The first-order chi connectivity index (χ1) is 12.2. The largest absolute Gasteiger partial charge is 0.349 e. The Bertz CT molecular complexity index is 885. The number of anilines is 1. The molecule has 1 aliphatic heterocycles. The van der Waals surface area contributed by atoms with Gasteiger partial charge >= 0.3 is 0 Å². The van der Waals surface area contributed by atoms with Crippen LogP contribution in [0, 0.1) is 6.92 Å². The molecule has 2 aromatic heterocycles. The summed E-state index contributed by atoms with van der Waals surface area (Å²) in [5, 5.41) is 4.20. The van der Waals surface area contributed by atoms with Gasteiger partial charge < -0.3 is 10.2 Å². The van der Waals surface area contributed by atoms with Crippen LogP contribution in [0.5, 0.6) is 0 Å². The van der Waals surface area contributed by atoms with E-state index in [-0.39, 0.29) is 11.9 Å². The third-order valence-electron chi connectivity index (χ3n) is 4.56. The second-order valence-electron chi connectivity index (χ2n) is 6.44. The fraction of sp³-hybridized carbons (Fsp3) is 0.316. The minimum absolute atomic E-state index is 0.0398. The average molecular weight is 352 g/mol. The zero-order valence-corrected chi connectivity index (χ0v) is 14.9. The number of aryl methyl sites for hydroxylation is 1. The Morgan fingerprint density at radius 2 is 2.12 bits per heavy atom. The van der Waals surface area contributed by atoms with Crippen molar-refractivity contribution in [3.8, 4) is 0 Å². The lowest BCUT2D eigenvalue weighted by atomic mass is 10.1. The molecular formula is C19H20N4OS. The second-order valence-corrected chi connectivity index (χ2v) is 7.45. The molecule has 1 saturated heterocycles. The molecule has 3 heterocycles. The van der Waals surface area contributed by atoms with E-state index >= 15 is 0 Å². The van der Waals surface area contributed by atoms with E-state index in [2.05, 4.69) is 40.3 Å². The van der Waals surface area contributed by atoms with Gasteiger partial charge in [-0.1, -0.05) is 17.4 Å². The van der Waals surface area contributed by atoms with Gasteiger partial charge in [0.15, 0.2) is 5.13 Å². The molecular weight excluding hydrogens is 332 g/mol. The van der Waals surface area contributed by atoms with Gasteiger partial charge in [0.05, 0.1) is 15.8 Å². The molecule has 3 aromatic rings. The summed E-state index contributed by atoms with van der Waals surface area (Å²) in [5.41, 5.74) is 2.95. The number of pyridine rings is 1. The molecule has 128 valence electrons. The molecule has 0 spiro atoms. The van der Waals surface area contributed by atoms with Crippen molar-refractivity contribution in [2.45, 2.75) is 25.8 Å². The number of benzene rings is 1. The minimum atomic E-state index is -0.0398. The number of aromatic nitrogens is 2. The van der Waals surface area contributed by atoms with Crippen LogP contribution in [0.4, 0.5) is 5.13 Å². The summed E-state index contributed by atoms with van der Waals surface area (Å²) in [5.74, 6) is -0.0398. The fourth-order valence-corrected chi connectivity index (χ4v) is 4.25. The monoisotopic (exact) mass is 352 g/mol. The Hall–Kier alpha value is -2.47. The topological polar surface area (TPSA) is 58.1 Å². The number of hydrogen-bond acceptors (Lipinski definition) is 5. The molecule has 0 bridgehead atoms. The number of carbonyl (C=O) groups is 1. The number of piperidine rings is 1. The zero-order chi connectivity index (χ0) is 17.2. The molecule has 1 N–H and O–H groups in total. The van der Waals surface area contributed by atoms with Gasteiger partial charge in [-0.15, -0.1) is 0 Å². The summed E-state index contributed by atoms with van der Waals surface area (Å²) in [7, 11) is 0. The van der Waals surface area contributed by atoms with Crippen molar-refractivity contribution in [1.29, 1.82) is 0 Å². The van der Waals surface area contributed by atoms with E-state index in [0.717, 1.165) is 36.6 Å². The Labute approximate surface area is 150 Å². The molecule has 4 rings (SSSR count). The molecule has 0 atom stereocenters. The van der Waals surface area contributed by atoms with Crippen LogP contribution in [0.2, 0.25) is 0 Å². The second kappa shape index (κ2) is 6.80. The van der Waals surface area contributed by atoms with E-state index in [4.69, 9.17) is 4.98 Å². The number of hydrogen-bond donors (Lipinski definition) is 1. The Kier molecular flexibility index (Phi) is 4.36. The van der Waals surface area contributed by atoms with Crippen molar-refractivity contribution in [2.24, 2.45) is 0 Å². The average Bonchev–Trinajstić information content (AvgIpc) is 3.06. The quantitative estimate of drug-likeness (QED) is 0.785. The van der Waals surface area contributed by atoms with Gasteiger partial charge in [0.25, 0.3) is 5.91 Å². The molecule has 1 fully saturated rings. The van der Waals surface area contributed by atoms with Crippen LogP contribution in [0.3, 0.4) is 0 Å². The molecule has 0 radical (unpaired) electrons. The Balaban J connectivity index is 1.38. The maximum Gasteiger partial charge on any atom is 0.253 e. The number of rotatable bonds is 3. The summed E-state index contributed by atoms with van der Waals surface area (Å²) in [6.07, 6.45) is 5.14. The zero-order valence-electron chi connectivity index (χ0n) is 14.1. The fourth-order valence-electron chi connectivity index (χ4n) is 3.14. The van der Waals surface area contributed by atoms with E-state index in [1.165, 1.54) is 10.3 Å².